The Bertz CT molecular complexity index is 186. The molecule has 0 aromatic heterocycles. The summed E-state index contributed by atoms with van der Waals surface area (Å²) < 4.78 is 0. The molecule has 76 valence electrons. The first kappa shape index (κ1) is 9.51. The fraction of sp³-hybridized carbons (Fsp3) is 1.00. The molecule has 1 aliphatic carbocycles. The fourth-order valence-electron chi connectivity index (χ4n) is 3.55. The molecule has 2 fully saturated rings. The minimum Gasteiger partial charge on any atom is -0.316 e. The van der Waals surface area contributed by atoms with Crippen LogP contribution in [-0.4, -0.2) is 13.1 Å². The monoisotopic (exact) mass is 181 g/mol. The number of hydrogen-bond donors (Lipinski definition) is 1. The van der Waals surface area contributed by atoms with Crippen LogP contribution in [0.25, 0.3) is 0 Å². The van der Waals surface area contributed by atoms with Crippen molar-refractivity contribution < 1.29 is 0 Å². The second-order valence-corrected chi connectivity index (χ2v) is 5.26. The van der Waals surface area contributed by atoms with Gasteiger partial charge in [-0.3, -0.25) is 0 Å². The number of rotatable bonds is 2. The predicted molar refractivity (Wildman–Crippen MR) is 56.6 cm³/mol. The summed E-state index contributed by atoms with van der Waals surface area (Å²) in [5, 5.41) is 3.52. The van der Waals surface area contributed by atoms with E-state index < -0.39 is 0 Å². The van der Waals surface area contributed by atoms with Crippen molar-refractivity contribution in [2.45, 2.75) is 40.0 Å². The van der Waals surface area contributed by atoms with Crippen LogP contribution in [0.4, 0.5) is 0 Å². The largest absolute Gasteiger partial charge is 0.316 e. The fourth-order valence-corrected chi connectivity index (χ4v) is 3.55. The van der Waals surface area contributed by atoms with Crippen molar-refractivity contribution in [1.82, 2.24) is 5.32 Å². The highest BCUT2D eigenvalue weighted by Gasteiger charge is 2.52. The molecular weight excluding hydrogens is 158 g/mol. The lowest BCUT2D eigenvalue weighted by atomic mass is 9.66. The first-order valence-corrected chi connectivity index (χ1v) is 5.91. The molecule has 0 aromatic carbocycles. The summed E-state index contributed by atoms with van der Waals surface area (Å²) in [4.78, 5) is 0. The summed E-state index contributed by atoms with van der Waals surface area (Å²) in [5.41, 5.74) is 0.699. The van der Waals surface area contributed by atoms with Gasteiger partial charge in [-0.05, 0) is 55.5 Å². The average molecular weight is 181 g/mol. The Hall–Kier alpha value is -0.0400. The first-order chi connectivity index (χ1) is 6.20. The van der Waals surface area contributed by atoms with Crippen molar-refractivity contribution in [3.8, 4) is 0 Å². The van der Waals surface area contributed by atoms with E-state index in [0.717, 1.165) is 17.8 Å². The zero-order valence-electron chi connectivity index (χ0n) is 9.27. The standard InChI is InChI=1S/C12H23N/c1-4-12(11-7-9(11)2)5-6-13-8-10(12)3/h9-11,13H,4-8H2,1-3H3. The maximum Gasteiger partial charge on any atom is -0.00177 e. The number of hydrogen-bond acceptors (Lipinski definition) is 1. The number of piperidine rings is 1. The van der Waals surface area contributed by atoms with Gasteiger partial charge in [-0.15, -0.1) is 0 Å². The van der Waals surface area contributed by atoms with E-state index in [2.05, 4.69) is 26.1 Å². The van der Waals surface area contributed by atoms with Crippen molar-refractivity contribution >= 4 is 0 Å². The van der Waals surface area contributed by atoms with Gasteiger partial charge < -0.3 is 5.32 Å². The lowest BCUT2D eigenvalue weighted by molar-refractivity contribution is 0.0801. The van der Waals surface area contributed by atoms with Crippen LogP contribution in [0.3, 0.4) is 0 Å². The van der Waals surface area contributed by atoms with E-state index in [9.17, 15) is 0 Å². The van der Waals surface area contributed by atoms with E-state index in [1.54, 1.807) is 0 Å². The Morgan fingerprint density at radius 3 is 2.54 bits per heavy atom. The molecule has 1 aliphatic heterocycles. The number of nitrogens with one attached hydrogen (secondary N) is 1. The van der Waals surface area contributed by atoms with Gasteiger partial charge in [0.15, 0.2) is 0 Å². The molecule has 1 N–H and O–H groups in total. The van der Waals surface area contributed by atoms with Gasteiger partial charge in [0.2, 0.25) is 0 Å². The van der Waals surface area contributed by atoms with Crippen LogP contribution in [0.2, 0.25) is 0 Å². The minimum absolute atomic E-state index is 0.699. The topological polar surface area (TPSA) is 12.0 Å². The average Bonchev–Trinajstić information content (AvgIpc) is 2.85. The van der Waals surface area contributed by atoms with E-state index in [4.69, 9.17) is 0 Å². The van der Waals surface area contributed by atoms with Gasteiger partial charge in [0.1, 0.15) is 0 Å². The Labute approximate surface area is 82.3 Å². The van der Waals surface area contributed by atoms with Crippen molar-refractivity contribution in [3.05, 3.63) is 0 Å². The second kappa shape index (κ2) is 3.27. The molecule has 13 heavy (non-hydrogen) atoms. The maximum atomic E-state index is 3.52. The predicted octanol–water partition coefficient (Wildman–Crippen LogP) is 2.67. The Morgan fingerprint density at radius 1 is 1.38 bits per heavy atom. The van der Waals surface area contributed by atoms with Gasteiger partial charge >= 0.3 is 0 Å². The molecule has 1 heteroatoms. The maximum absolute atomic E-state index is 3.52. The van der Waals surface area contributed by atoms with Crippen LogP contribution in [-0.2, 0) is 0 Å². The normalized spacial score (nSPS) is 50.5. The third-order valence-electron chi connectivity index (χ3n) is 4.71. The van der Waals surface area contributed by atoms with Gasteiger partial charge in [0, 0.05) is 0 Å². The third kappa shape index (κ3) is 1.41. The summed E-state index contributed by atoms with van der Waals surface area (Å²) in [6.07, 6.45) is 4.31. The summed E-state index contributed by atoms with van der Waals surface area (Å²) >= 11 is 0. The summed E-state index contributed by atoms with van der Waals surface area (Å²) in [6.45, 7) is 9.77. The van der Waals surface area contributed by atoms with Crippen LogP contribution in [0.5, 0.6) is 0 Å². The van der Waals surface area contributed by atoms with Crippen LogP contribution in [0, 0.1) is 23.2 Å². The molecule has 1 nitrogen and oxygen atoms in total. The molecule has 1 saturated carbocycles. The molecular formula is C12H23N. The molecule has 4 unspecified atom stereocenters. The lowest BCUT2D eigenvalue weighted by Crippen LogP contribution is -2.45. The molecule has 0 spiro atoms. The highest BCUT2D eigenvalue weighted by Crippen LogP contribution is 2.58. The van der Waals surface area contributed by atoms with Gasteiger partial charge in [0.05, 0.1) is 0 Å². The van der Waals surface area contributed by atoms with Gasteiger partial charge in [-0.25, -0.2) is 0 Å². The Balaban J connectivity index is 2.12. The molecule has 2 aliphatic rings. The molecule has 2 rings (SSSR count). The van der Waals surface area contributed by atoms with E-state index in [0.29, 0.717) is 5.41 Å². The summed E-state index contributed by atoms with van der Waals surface area (Å²) in [7, 11) is 0. The van der Waals surface area contributed by atoms with E-state index in [-0.39, 0.29) is 0 Å². The highest BCUT2D eigenvalue weighted by atomic mass is 14.9. The SMILES string of the molecule is CCC1(C2CC2C)CCNCC1C. The van der Waals surface area contributed by atoms with Crippen LogP contribution >= 0.6 is 0 Å². The third-order valence-corrected chi connectivity index (χ3v) is 4.71. The van der Waals surface area contributed by atoms with Crippen LogP contribution in [0.1, 0.15) is 40.0 Å². The van der Waals surface area contributed by atoms with E-state index in [1.807, 2.05) is 0 Å². The van der Waals surface area contributed by atoms with Crippen LogP contribution < -0.4 is 5.32 Å². The lowest BCUT2D eigenvalue weighted by Gasteiger charge is -2.43. The quantitative estimate of drug-likeness (QED) is 0.690. The molecule has 0 amide bonds. The molecule has 0 aromatic rings. The van der Waals surface area contributed by atoms with Gasteiger partial charge in [0.25, 0.3) is 0 Å². The second-order valence-electron chi connectivity index (χ2n) is 5.26. The zero-order valence-corrected chi connectivity index (χ0v) is 9.27. The van der Waals surface area contributed by atoms with Crippen molar-refractivity contribution in [2.24, 2.45) is 23.2 Å². The molecule has 0 radical (unpaired) electrons. The van der Waals surface area contributed by atoms with E-state index in [1.165, 1.54) is 32.4 Å². The first-order valence-electron chi connectivity index (χ1n) is 5.91. The van der Waals surface area contributed by atoms with Crippen molar-refractivity contribution in [1.29, 1.82) is 0 Å². The van der Waals surface area contributed by atoms with Crippen molar-refractivity contribution in [2.75, 3.05) is 13.1 Å². The Morgan fingerprint density at radius 2 is 2.08 bits per heavy atom. The smallest absolute Gasteiger partial charge is 0.00177 e. The Kier molecular flexibility index (Phi) is 2.39. The van der Waals surface area contributed by atoms with Gasteiger partial charge in [-0.1, -0.05) is 20.8 Å². The van der Waals surface area contributed by atoms with Crippen molar-refractivity contribution in [3.63, 3.8) is 0 Å². The van der Waals surface area contributed by atoms with E-state index >= 15 is 0 Å². The molecule has 1 saturated heterocycles. The summed E-state index contributed by atoms with van der Waals surface area (Å²) in [5.74, 6) is 2.95. The molecule has 0 bridgehead atoms. The highest BCUT2D eigenvalue weighted by molar-refractivity contribution is 5.02. The van der Waals surface area contributed by atoms with Crippen LogP contribution in [0.15, 0.2) is 0 Å². The van der Waals surface area contributed by atoms with Gasteiger partial charge in [-0.2, -0.15) is 0 Å². The molecule has 1 heterocycles. The molecule has 4 atom stereocenters. The zero-order chi connectivity index (χ0) is 9.47. The summed E-state index contributed by atoms with van der Waals surface area (Å²) in [6, 6.07) is 0. The minimum atomic E-state index is 0.699.